The van der Waals surface area contributed by atoms with Crippen molar-refractivity contribution in [2.24, 2.45) is 5.73 Å². The van der Waals surface area contributed by atoms with E-state index in [-0.39, 0.29) is 5.41 Å². The summed E-state index contributed by atoms with van der Waals surface area (Å²) >= 11 is 0. The minimum Gasteiger partial charge on any atom is -0.337 e. The molecule has 2 unspecified atom stereocenters. The highest BCUT2D eigenvalue weighted by molar-refractivity contribution is 5.42. The van der Waals surface area contributed by atoms with Gasteiger partial charge in [0.05, 0.1) is 5.69 Å². The van der Waals surface area contributed by atoms with Gasteiger partial charge in [-0.05, 0) is 42.6 Å². The normalized spacial score (nSPS) is 28.5. The van der Waals surface area contributed by atoms with Crippen LogP contribution in [0.15, 0.2) is 6.20 Å². The first kappa shape index (κ1) is 13.8. The summed E-state index contributed by atoms with van der Waals surface area (Å²) in [4.78, 5) is 11.9. The molecule has 110 valence electrons. The van der Waals surface area contributed by atoms with Crippen molar-refractivity contribution in [3.8, 4) is 0 Å². The van der Waals surface area contributed by atoms with E-state index in [1.165, 1.54) is 30.5 Å². The van der Waals surface area contributed by atoms with Crippen LogP contribution < -0.4 is 10.6 Å². The maximum absolute atomic E-state index is 5.92. The summed E-state index contributed by atoms with van der Waals surface area (Å²) in [6.07, 6.45) is 6.88. The Morgan fingerprint density at radius 3 is 2.95 bits per heavy atom. The smallest absolute Gasteiger partial charge is 0.225 e. The van der Waals surface area contributed by atoms with Gasteiger partial charge in [-0.3, -0.25) is 0 Å². The highest BCUT2D eigenvalue weighted by Gasteiger charge is 2.37. The third kappa shape index (κ3) is 2.20. The Balaban J connectivity index is 1.95. The van der Waals surface area contributed by atoms with Crippen molar-refractivity contribution in [1.29, 1.82) is 0 Å². The first-order valence-electron chi connectivity index (χ1n) is 7.87. The van der Waals surface area contributed by atoms with Gasteiger partial charge in [-0.1, -0.05) is 20.8 Å². The fourth-order valence-corrected chi connectivity index (χ4v) is 3.90. The molecule has 4 heteroatoms. The molecule has 2 aliphatic rings. The molecule has 0 amide bonds. The van der Waals surface area contributed by atoms with Crippen molar-refractivity contribution in [3.63, 3.8) is 0 Å². The first-order chi connectivity index (χ1) is 9.53. The average Bonchev–Trinajstić information content (AvgIpc) is 2.68. The number of anilines is 1. The lowest BCUT2D eigenvalue weighted by Gasteiger charge is -2.35. The van der Waals surface area contributed by atoms with Crippen LogP contribution in [0, 0.1) is 0 Å². The van der Waals surface area contributed by atoms with Crippen LogP contribution in [0.5, 0.6) is 0 Å². The number of hydrogen-bond acceptors (Lipinski definition) is 4. The van der Waals surface area contributed by atoms with E-state index in [2.05, 4.69) is 36.9 Å². The zero-order valence-corrected chi connectivity index (χ0v) is 12.9. The van der Waals surface area contributed by atoms with E-state index in [9.17, 15) is 0 Å². The molecule has 0 bridgehead atoms. The van der Waals surface area contributed by atoms with Crippen molar-refractivity contribution in [2.45, 2.75) is 63.8 Å². The molecule has 2 N–H and O–H groups in total. The van der Waals surface area contributed by atoms with E-state index in [4.69, 9.17) is 10.7 Å². The molecular formula is C16H26N4. The van der Waals surface area contributed by atoms with Gasteiger partial charge < -0.3 is 10.6 Å². The number of piperidine rings is 1. The molecule has 1 aromatic rings. The summed E-state index contributed by atoms with van der Waals surface area (Å²) < 4.78 is 0. The van der Waals surface area contributed by atoms with Crippen LogP contribution >= 0.6 is 0 Å². The van der Waals surface area contributed by atoms with Crippen molar-refractivity contribution in [1.82, 2.24) is 9.97 Å². The summed E-state index contributed by atoms with van der Waals surface area (Å²) in [6, 6.07) is 0.409. The second-order valence-corrected chi connectivity index (χ2v) is 7.04. The van der Waals surface area contributed by atoms with E-state index >= 15 is 0 Å². The molecule has 0 aromatic carbocycles. The van der Waals surface area contributed by atoms with E-state index in [0.29, 0.717) is 18.5 Å². The Morgan fingerprint density at radius 1 is 1.40 bits per heavy atom. The van der Waals surface area contributed by atoms with E-state index in [1.807, 2.05) is 0 Å². The summed E-state index contributed by atoms with van der Waals surface area (Å²) in [5, 5.41) is 0. The number of fused-ring (bicyclic) bond motifs is 1. The maximum Gasteiger partial charge on any atom is 0.225 e. The molecule has 1 aromatic heterocycles. The van der Waals surface area contributed by atoms with Crippen LogP contribution in [0.2, 0.25) is 0 Å². The standard InChI is InChI=1S/C16H26N4/c1-11-8-16(2,3)13-10-18-15(19-14(11)13)20-7-5-4-6-12(20)9-17/h10-12H,4-9,17H2,1-3H3. The monoisotopic (exact) mass is 274 g/mol. The predicted octanol–water partition coefficient (Wildman–Crippen LogP) is 2.58. The summed E-state index contributed by atoms with van der Waals surface area (Å²) in [5.74, 6) is 1.42. The van der Waals surface area contributed by atoms with Gasteiger partial charge in [-0.2, -0.15) is 0 Å². The third-order valence-corrected chi connectivity index (χ3v) is 4.97. The molecule has 2 heterocycles. The molecule has 0 spiro atoms. The molecule has 1 saturated heterocycles. The summed E-state index contributed by atoms with van der Waals surface area (Å²) in [6.45, 7) is 8.60. The Morgan fingerprint density at radius 2 is 2.20 bits per heavy atom. The number of rotatable bonds is 2. The molecule has 1 fully saturated rings. The molecule has 1 aliphatic heterocycles. The SMILES string of the molecule is CC1CC(C)(C)c2cnc(N3CCCCC3CN)nc21. The molecule has 1 aliphatic carbocycles. The van der Waals surface area contributed by atoms with Gasteiger partial charge in [-0.15, -0.1) is 0 Å². The fourth-order valence-electron chi connectivity index (χ4n) is 3.90. The van der Waals surface area contributed by atoms with Gasteiger partial charge >= 0.3 is 0 Å². The second kappa shape index (κ2) is 4.99. The third-order valence-electron chi connectivity index (χ3n) is 4.97. The number of aromatic nitrogens is 2. The molecule has 3 rings (SSSR count). The van der Waals surface area contributed by atoms with Gasteiger partial charge in [0.15, 0.2) is 0 Å². The summed E-state index contributed by atoms with van der Waals surface area (Å²) in [7, 11) is 0. The Kier molecular flexibility index (Phi) is 3.44. The van der Waals surface area contributed by atoms with Crippen molar-refractivity contribution in [2.75, 3.05) is 18.0 Å². The molecule has 20 heavy (non-hydrogen) atoms. The fraction of sp³-hybridized carbons (Fsp3) is 0.750. The Bertz CT molecular complexity index is 497. The molecule has 0 radical (unpaired) electrons. The van der Waals surface area contributed by atoms with Crippen LogP contribution in [-0.2, 0) is 5.41 Å². The zero-order chi connectivity index (χ0) is 14.3. The molecule has 2 atom stereocenters. The van der Waals surface area contributed by atoms with Crippen molar-refractivity contribution in [3.05, 3.63) is 17.5 Å². The van der Waals surface area contributed by atoms with E-state index < -0.39 is 0 Å². The quantitative estimate of drug-likeness (QED) is 0.900. The predicted molar refractivity (Wildman–Crippen MR) is 82.1 cm³/mol. The van der Waals surface area contributed by atoms with Gasteiger partial charge in [0.1, 0.15) is 0 Å². The molecule has 4 nitrogen and oxygen atoms in total. The van der Waals surface area contributed by atoms with Crippen LogP contribution in [0.1, 0.15) is 63.6 Å². The molecular weight excluding hydrogens is 248 g/mol. The topological polar surface area (TPSA) is 55.0 Å². The minimum atomic E-state index is 0.211. The number of hydrogen-bond donors (Lipinski definition) is 1. The highest BCUT2D eigenvalue weighted by atomic mass is 15.3. The first-order valence-corrected chi connectivity index (χ1v) is 7.87. The molecule has 0 saturated carbocycles. The van der Waals surface area contributed by atoms with Crippen molar-refractivity contribution >= 4 is 5.95 Å². The number of nitrogens with zero attached hydrogens (tertiary/aromatic N) is 3. The van der Waals surface area contributed by atoms with Crippen LogP contribution in [0.4, 0.5) is 5.95 Å². The second-order valence-electron chi connectivity index (χ2n) is 7.04. The van der Waals surface area contributed by atoms with Crippen LogP contribution in [0.3, 0.4) is 0 Å². The largest absolute Gasteiger partial charge is 0.337 e. The Labute approximate surface area is 121 Å². The van der Waals surface area contributed by atoms with Gasteiger partial charge in [0.2, 0.25) is 5.95 Å². The van der Waals surface area contributed by atoms with E-state index in [0.717, 1.165) is 18.9 Å². The van der Waals surface area contributed by atoms with E-state index in [1.54, 1.807) is 0 Å². The Hall–Kier alpha value is -1.16. The van der Waals surface area contributed by atoms with Crippen LogP contribution in [-0.4, -0.2) is 29.1 Å². The number of nitrogens with two attached hydrogens (primary N) is 1. The minimum absolute atomic E-state index is 0.211. The lowest BCUT2D eigenvalue weighted by Crippen LogP contribution is -2.45. The van der Waals surface area contributed by atoms with Crippen LogP contribution in [0.25, 0.3) is 0 Å². The van der Waals surface area contributed by atoms with Gasteiger partial charge in [-0.25, -0.2) is 9.97 Å². The van der Waals surface area contributed by atoms with Crippen molar-refractivity contribution < 1.29 is 0 Å². The lowest BCUT2D eigenvalue weighted by atomic mass is 9.87. The lowest BCUT2D eigenvalue weighted by molar-refractivity contribution is 0.457. The average molecular weight is 274 g/mol. The maximum atomic E-state index is 5.92. The summed E-state index contributed by atoms with van der Waals surface area (Å²) in [5.41, 5.74) is 8.71. The van der Waals surface area contributed by atoms with Gasteiger partial charge in [0, 0.05) is 25.3 Å². The van der Waals surface area contributed by atoms with Gasteiger partial charge in [0.25, 0.3) is 0 Å². The highest BCUT2D eigenvalue weighted by Crippen LogP contribution is 2.44. The zero-order valence-electron chi connectivity index (χ0n) is 12.9.